The number of nitrogens with one attached hydrogen (secondary N) is 2. The van der Waals surface area contributed by atoms with Crippen molar-refractivity contribution < 1.29 is 14.7 Å². The van der Waals surface area contributed by atoms with Gasteiger partial charge in [-0.1, -0.05) is 26.3 Å². The summed E-state index contributed by atoms with van der Waals surface area (Å²) in [5, 5.41) is 15.0. The second kappa shape index (κ2) is 8.11. The molecular formula is C18H26N2O3. The number of benzene rings is 1. The standard InChI is InChI=1S/C18H26N2O3/c1-3-12-8-9-15(10-13(12)4-2)20-18(23)17(22)19-11-14-6-5-7-16(14)21/h8-10,14,16,21H,3-7,11H2,1-2H3,(H,19,22)(H,20,23). The molecule has 0 aliphatic heterocycles. The molecule has 2 amide bonds. The van der Waals surface area contributed by atoms with Crippen molar-refractivity contribution in [3.05, 3.63) is 29.3 Å². The molecule has 2 atom stereocenters. The molecule has 5 nitrogen and oxygen atoms in total. The fourth-order valence-corrected chi connectivity index (χ4v) is 3.13. The van der Waals surface area contributed by atoms with Crippen molar-refractivity contribution in [1.29, 1.82) is 0 Å². The largest absolute Gasteiger partial charge is 0.393 e. The molecule has 0 spiro atoms. The van der Waals surface area contributed by atoms with E-state index < -0.39 is 11.8 Å². The van der Waals surface area contributed by atoms with Gasteiger partial charge in [0.2, 0.25) is 0 Å². The van der Waals surface area contributed by atoms with Crippen LogP contribution in [0.2, 0.25) is 0 Å². The van der Waals surface area contributed by atoms with E-state index in [0.29, 0.717) is 12.2 Å². The summed E-state index contributed by atoms with van der Waals surface area (Å²) in [7, 11) is 0. The van der Waals surface area contributed by atoms with Gasteiger partial charge in [0.25, 0.3) is 0 Å². The molecule has 2 unspecified atom stereocenters. The zero-order chi connectivity index (χ0) is 16.8. The number of carbonyl (C=O) groups is 2. The van der Waals surface area contributed by atoms with E-state index in [2.05, 4.69) is 24.5 Å². The third-order valence-corrected chi connectivity index (χ3v) is 4.58. The van der Waals surface area contributed by atoms with Gasteiger partial charge in [-0.05, 0) is 48.9 Å². The van der Waals surface area contributed by atoms with E-state index in [0.717, 1.165) is 32.1 Å². The van der Waals surface area contributed by atoms with Crippen LogP contribution in [0.25, 0.3) is 0 Å². The number of hydrogen-bond acceptors (Lipinski definition) is 3. The van der Waals surface area contributed by atoms with E-state index in [4.69, 9.17) is 0 Å². The highest BCUT2D eigenvalue weighted by atomic mass is 16.3. The lowest BCUT2D eigenvalue weighted by Gasteiger charge is -2.15. The first-order valence-corrected chi connectivity index (χ1v) is 8.44. The predicted octanol–water partition coefficient (Wildman–Crippen LogP) is 2.03. The third kappa shape index (κ3) is 4.55. The molecule has 1 fully saturated rings. The smallest absolute Gasteiger partial charge is 0.313 e. The van der Waals surface area contributed by atoms with Gasteiger partial charge in [-0.3, -0.25) is 9.59 Å². The maximum atomic E-state index is 12.0. The Bertz CT molecular complexity index is 571. The molecule has 0 radical (unpaired) electrons. The predicted molar refractivity (Wildman–Crippen MR) is 90.2 cm³/mol. The van der Waals surface area contributed by atoms with E-state index in [1.807, 2.05) is 18.2 Å². The summed E-state index contributed by atoms with van der Waals surface area (Å²) >= 11 is 0. The van der Waals surface area contributed by atoms with Gasteiger partial charge in [0.05, 0.1) is 6.10 Å². The van der Waals surface area contributed by atoms with Crippen LogP contribution in [0.1, 0.15) is 44.2 Å². The number of rotatable bonds is 5. The highest BCUT2D eigenvalue weighted by Crippen LogP contribution is 2.24. The zero-order valence-electron chi connectivity index (χ0n) is 13.9. The molecule has 0 aromatic heterocycles. The van der Waals surface area contributed by atoms with Crippen LogP contribution in [0.3, 0.4) is 0 Å². The number of carbonyl (C=O) groups excluding carboxylic acids is 2. The highest BCUT2D eigenvalue weighted by molar-refractivity contribution is 6.39. The molecule has 1 aromatic rings. The monoisotopic (exact) mass is 318 g/mol. The molecule has 0 saturated heterocycles. The van der Waals surface area contributed by atoms with E-state index >= 15 is 0 Å². The maximum absolute atomic E-state index is 12.0. The first kappa shape index (κ1) is 17.5. The van der Waals surface area contributed by atoms with E-state index in [9.17, 15) is 14.7 Å². The molecule has 1 aliphatic carbocycles. The Balaban J connectivity index is 1.89. The summed E-state index contributed by atoms with van der Waals surface area (Å²) in [6.45, 7) is 4.51. The molecule has 23 heavy (non-hydrogen) atoms. The molecule has 1 aromatic carbocycles. The van der Waals surface area contributed by atoms with E-state index in [1.54, 1.807) is 0 Å². The van der Waals surface area contributed by atoms with Crippen molar-refractivity contribution in [2.45, 2.75) is 52.1 Å². The lowest BCUT2D eigenvalue weighted by Crippen LogP contribution is -2.39. The summed E-state index contributed by atoms with van der Waals surface area (Å²) in [6.07, 6.45) is 4.10. The highest BCUT2D eigenvalue weighted by Gasteiger charge is 2.26. The normalized spacial score (nSPS) is 20.3. The van der Waals surface area contributed by atoms with Gasteiger partial charge in [0, 0.05) is 18.2 Å². The Labute approximate surface area is 137 Å². The Morgan fingerprint density at radius 3 is 2.48 bits per heavy atom. The number of aliphatic hydroxyl groups is 1. The summed E-state index contributed by atoms with van der Waals surface area (Å²) in [5.74, 6) is -1.26. The van der Waals surface area contributed by atoms with Crippen molar-refractivity contribution in [3.8, 4) is 0 Å². The molecular weight excluding hydrogens is 292 g/mol. The van der Waals surface area contributed by atoms with Crippen LogP contribution in [-0.4, -0.2) is 29.6 Å². The van der Waals surface area contributed by atoms with Crippen LogP contribution in [0, 0.1) is 5.92 Å². The van der Waals surface area contributed by atoms with E-state index in [-0.39, 0.29) is 12.0 Å². The summed E-state index contributed by atoms with van der Waals surface area (Å²) in [5.41, 5.74) is 3.07. The van der Waals surface area contributed by atoms with Crippen molar-refractivity contribution in [2.24, 2.45) is 5.92 Å². The minimum absolute atomic E-state index is 0.0577. The lowest BCUT2D eigenvalue weighted by molar-refractivity contribution is -0.136. The summed E-state index contributed by atoms with van der Waals surface area (Å²) in [4.78, 5) is 23.9. The van der Waals surface area contributed by atoms with Gasteiger partial charge in [-0.15, -0.1) is 0 Å². The van der Waals surface area contributed by atoms with Gasteiger partial charge < -0.3 is 15.7 Å². The second-order valence-corrected chi connectivity index (χ2v) is 6.11. The van der Waals surface area contributed by atoms with Gasteiger partial charge >= 0.3 is 11.8 Å². The molecule has 126 valence electrons. The number of hydrogen-bond donors (Lipinski definition) is 3. The molecule has 0 heterocycles. The van der Waals surface area contributed by atoms with Crippen LogP contribution in [0.15, 0.2) is 18.2 Å². The van der Waals surface area contributed by atoms with Crippen LogP contribution in [-0.2, 0) is 22.4 Å². The van der Waals surface area contributed by atoms with Gasteiger partial charge in [0.1, 0.15) is 0 Å². The topological polar surface area (TPSA) is 78.4 Å². The Morgan fingerprint density at radius 1 is 1.13 bits per heavy atom. The Hall–Kier alpha value is -1.88. The SMILES string of the molecule is CCc1ccc(NC(=O)C(=O)NCC2CCCC2O)cc1CC. The summed E-state index contributed by atoms with van der Waals surface area (Å²) in [6, 6.07) is 5.73. The number of amides is 2. The fourth-order valence-electron chi connectivity index (χ4n) is 3.13. The Morgan fingerprint density at radius 2 is 1.87 bits per heavy atom. The average Bonchev–Trinajstić information content (AvgIpc) is 2.97. The molecule has 5 heteroatoms. The van der Waals surface area contributed by atoms with Crippen LogP contribution >= 0.6 is 0 Å². The van der Waals surface area contributed by atoms with Crippen LogP contribution in [0.5, 0.6) is 0 Å². The van der Waals surface area contributed by atoms with Crippen LogP contribution < -0.4 is 10.6 Å². The molecule has 0 bridgehead atoms. The number of aryl methyl sites for hydroxylation is 2. The first-order chi connectivity index (χ1) is 11.0. The second-order valence-electron chi connectivity index (χ2n) is 6.11. The summed E-state index contributed by atoms with van der Waals surface area (Å²) < 4.78 is 0. The number of aliphatic hydroxyl groups excluding tert-OH is 1. The van der Waals surface area contributed by atoms with Crippen molar-refractivity contribution in [3.63, 3.8) is 0 Å². The van der Waals surface area contributed by atoms with Crippen LogP contribution in [0.4, 0.5) is 5.69 Å². The lowest BCUT2D eigenvalue weighted by atomic mass is 10.0. The van der Waals surface area contributed by atoms with Crippen molar-refractivity contribution in [2.75, 3.05) is 11.9 Å². The van der Waals surface area contributed by atoms with Gasteiger partial charge in [0.15, 0.2) is 0 Å². The maximum Gasteiger partial charge on any atom is 0.313 e. The quantitative estimate of drug-likeness (QED) is 0.727. The molecule has 1 aliphatic rings. The van der Waals surface area contributed by atoms with Crippen molar-refractivity contribution >= 4 is 17.5 Å². The zero-order valence-corrected chi connectivity index (χ0v) is 13.9. The molecule has 3 N–H and O–H groups in total. The first-order valence-electron chi connectivity index (χ1n) is 8.44. The van der Waals surface area contributed by atoms with Crippen molar-refractivity contribution in [1.82, 2.24) is 5.32 Å². The number of anilines is 1. The Kier molecular flexibility index (Phi) is 6.16. The van der Waals surface area contributed by atoms with Gasteiger partial charge in [-0.2, -0.15) is 0 Å². The van der Waals surface area contributed by atoms with Gasteiger partial charge in [-0.25, -0.2) is 0 Å². The van der Waals surface area contributed by atoms with E-state index in [1.165, 1.54) is 11.1 Å². The fraction of sp³-hybridized carbons (Fsp3) is 0.556. The third-order valence-electron chi connectivity index (χ3n) is 4.58. The molecule has 2 rings (SSSR count). The minimum Gasteiger partial charge on any atom is -0.393 e. The average molecular weight is 318 g/mol. The minimum atomic E-state index is -0.663. The molecule has 1 saturated carbocycles.